The van der Waals surface area contributed by atoms with Gasteiger partial charge in [0.05, 0.1) is 0 Å². The molecule has 0 saturated carbocycles. The van der Waals surface area contributed by atoms with Crippen molar-refractivity contribution in [2.24, 2.45) is 0 Å². The summed E-state index contributed by atoms with van der Waals surface area (Å²) in [6, 6.07) is 10.6. The summed E-state index contributed by atoms with van der Waals surface area (Å²) in [6.07, 6.45) is 5.77. The zero-order chi connectivity index (χ0) is 18.3. The Kier molecular flexibility index (Phi) is 9.68. The quantitative estimate of drug-likeness (QED) is 0.399. The smallest absolute Gasteiger partial charge is 0.872 e. The van der Waals surface area contributed by atoms with E-state index in [0.29, 0.717) is 12.0 Å². The Balaban J connectivity index is 0.00000338. The summed E-state index contributed by atoms with van der Waals surface area (Å²) in [5, 5.41) is 11.4. The number of hydrogen-bond donors (Lipinski definition) is 1. The molecule has 26 heavy (non-hydrogen) atoms. The van der Waals surface area contributed by atoms with E-state index < -0.39 is 10.1 Å². The maximum Gasteiger partial charge on any atom is 1.00 e. The third-order valence-corrected chi connectivity index (χ3v) is 4.88. The van der Waals surface area contributed by atoms with E-state index in [2.05, 4.69) is 6.92 Å². The Hall–Kier alpha value is -1.05. The maximum atomic E-state index is 11.9. The van der Waals surface area contributed by atoms with Gasteiger partial charge in [-0.15, -0.1) is 5.75 Å². The van der Waals surface area contributed by atoms with Crippen molar-refractivity contribution in [2.75, 3.05) is 0 Å². The van der Waals surface area contributed by atoms with E-state index in [1.165, 1.54) is 24.3 Å². The first-order valence-corrected chi connectivity index (χ1v) is 9.90. The summed E-state index contributed by atoms with van der Waals surface area (Å²) in [5.41, 5.74) is 0.523. The predicted octanol–water partition coefficient (Wildman–Crippen LogP) is 1.32. The van der Waals surface area contributed by atoms with Crippen LogP contribution in [0.15, 0.2) is 47.4 Å². The number of hydrogen-bond acceptors (Lipinski definition) is 4. The van der Waals surface area contributed by atoms with Crippen molar-refractivity contribution in [1.29, 1.82) is 0 Å². The summed E-state index contributed by atoms with van der Waals surface area (Å²) in [5.74, 6) is 0.0228. The molecule has 0 heterocycles. The molecular weight excluding hydrogens is 363 g/mol. The van der Waals surface area contributed by atoms with Crippen molar-refractivity contribution < 1.29 is 52.4 Å². The van der Waals surface area contributed by atoms with Gasteiger partial charge in [0, 0.05) is 0 Å². The van der Waals surface area contributed by atoms with Gasteiger partial charge < -0.3 is 9.84 Å². The van der Waals surface area contributed by atoms with Crippen molar-refractivity contribution in [1.82, 2.24) is 0 Å². The summed E-state index contributed by atoms with van der Waals surface area (Å²) >= 11 is 0. The third-order valence-electron chi connectivity index (χ3n) is 3.90. The average molecular weight is 386 g/mol. The SMILES string of the molecule is CCCCCCCc1cccc(Oc2cccc([O-])c2)c1S(=O)(=O)O.[Na+]. The zero-order valence-corrected chi connectivity index (χ0v) is 18.1. The van der Waals surface area contributed by atoms with Gasteiger partial charge in [-0.1, -0.05) is 56.9 Å². The van der Waals surface area contributed by atoms with Gasteiger partial charge in [-0.25, -0.2) is 0 Å². The molecule has 0 radical (unpaired) electrons. The van der Waals surface area contributed by atoms with Gasteiger partial charge in [-0.05, 0) is 36.6 Å². The molecule has 0 aliphatic carbocycles. The van der Waals surface area contributed by atoms with Gasteiger partial charge in [0.15, 0.2) is 0 Å². The molecule has 0 aliphatic rings. The van der Waals surface area contributed by atoms with Crippen LogP contribution in [0.5, 0.6) is 17.2 Å². The number of aryl methyl sites for hydroxylation is 1. The van der Waals surface area contributed by atoms with E-state index in [-0.39, 0.29) is 51.7 Å². The molecule has 0 saturated heterocycles. The summed E-state index contributed by atoms with van der Waals surface area (Å²) in [7, 11) is -4.44. The molecule has 2 rings (SSSR count). The molecule has 2 aromatic rings. The second-order valence-electron chi connectivity index (χ2n) is 5.96. The molecule has 0 atom stereocenters. The predicted molar refractivity (Wildman–Crippen MR) is 94.7 cm³/mol. The van der Waals surface area contributed by atoms with Crippen LogP contribution in [0.1, 0.15) is 44.6 Å². The first-order chi connectivity index (χ1) is 11.9. The average Bonchev–Trinajstić information content (AvgIpc) is 2.54. The van der Waals surface area contributed by atoms with Crippen LogP contribution in [0.3, 0.4) is 0 Å². The van der Waals surface area contributed by atoms with Crippen LogP contribution in [-0.4, -0.2) is 13.0 Å². The second kappa shape index (κ2) is 10.9. The molecule has 0 aromatic heterocycles. The minimum absolute atomic E-state index is 0. The maximum absolute atomic E-state index is 11.9. The first-order valence-electron chi connectivity index (χ1n) is 8.46. The molecule has 0 fully saturated rings. The Morgan fingerprint density at radius 2 is 1.73 bits per heavy atom. The van der Waals surface area contributed by atoms with Gasteiger partial charge >= 0.3 is 29.6 Å². The third kappa shape index (κ3) is 6.93. The monoisotopic (exact) mass is 386 g/mol. The topological polar surface area (TPSA) is 86.7 Å². The molecule has 136 valence electrons. The largest absolute Gasteiger partial charge is 1.00 e. The molecule has 5 nitrogen and oxygen atoms in total. The van der Waals surface area contributed by atoms with Crippen molar-refractivity contribution in [2.45, 2.75) is 50.3 Å². The number of benzene rings is 2. The van der Waals surface area contributed by atoms with Crippen LogP contribution in [0.25, 0.3) is 0 Å². The minimum atomic E-state index is -4.44. The van der Waals surface area contributed by atoms with E-state index in [9.17, 15) is 18.1 Å². The van der Waals surface area contributed by atoms with Crippen molar-refractivity contribution in [3.8, 4) is 17.2 Å². The molecular formula is C19H23NaO5S. The van der Waals surface area contributed by atoms with Crippen LogP contribution >= 0.6 is 0 Å². The second-order valence-corrected chi connectivity index (χ2v) is 7.32. The molecule has 0 spiro atoms. The van der Waals surface area contributed by atoms with Crippen LogP contribution in [0.4, 0.5) is 0 Å². The van der Waals surface area contributed by atoms with Crippen LogP contribution in [0.2, 0.25) is 0 Å². The van der Waals surface area contributed by atoms with E-state index in [1.807, 2.05) is 0 Å². The molecule has 0 aliphatic heterocycles. The van der Waals surface area contributed by atoms with E-state index >= 15 is 0 Å². The summed E-state index contributed by atoms with van der Waals surface area (Å²) in [4.78, 5) is -0.221. The van der Waals surface area contributed by atoms with Gasteiger partial charge in [0.2, 0.25) is 0 Å². The zero-order valence-electron chi connectivity index (χ0n) is 15.3. The standard InChI is InChI=1S/C19H24O5S.Na/c1-2-3-4-5-6-9-15-10-7-13-18(19(15)25(21,22)23)24-17-12-8-11-16(20)14-17;/h7-8,10-14,20H,2-6,9H2,1H3,(H,21,22,23);/q;+1/p-1. The fourth-order valence-electron chi connectivity index (χ4n) is 2.71. The normalized spacial score (nSPS) is 11.0. The van der Waals surface area contributed by atoms with E-state index in [4.69, 9.17) is 4.74 Å². The van der Waals surface area contributed by atoms with Crippen LogP contribution < -0.4 is 39.4 Å². The Morgan fingerprint density at radius 3 is 2.38 bits per heavy atom. The van der Waals surface area contributed by atoms with E-state index in [1.54, 1.807) is 18.2 Å². The molecule has 0 bridgehead atoms. The number of unbranched alkanes of at least 4 members (excludes halogenated alkanes) is 4. The Morgan fingerprint density at radius 1 is 1.04 bits per heavy atom. The van der Waals surface area contributed by atoms with Gasteiger partial charge in [-0.2, -0.15) is 8.42 Å². The van der Waals surface area contributed by atoms with Crippen molar-refractivity contribution >= 4 is 10.1 Å². The Bertz CT molecular complexity index is 805. The number of rotatable bonds is 9. The molecule has 0 unspecified atom stereocenters. The molecule has 1 N–H and O–H groups in total. The summed E-state index contributed by atoms with van der Waals surface area (Å²) in [6.45, 7) is 2.13. The van der Waals surface area contributed by atoms with Crippen LogP contribution in [-0.2, 0) is 16.5 Å². The van der Waals surface area contributed by atoms with Gasteiger partial charge in [0.25, 0.3) is 10.1 Å². The minimum Gasteiger partial charge on any atom is -0.872 e. The van der Waals surface area contributed by atoms with Gasteiger partial charge in [-0.3, -0.25) is 4.55 Å². The Labute approximate surface area is 177 Å². The fourth-order valence-corrected chi connectivity index (χ4v) is 3.58. The van der Waals surface area contributed by atoms with E-state index in [0.717, 1.165) is 32.1 Å². The summed E-state index contributed by atoms with van der Waals surface area (Å²) < 4.78 is 39.0. The van der Waals surface area contributed by atoms with Crippen molar-refractivity contribution in [3.05, 3.63) is 48.0 Å². The first kappa shape index (κ1) is 23.0. The fraction of sp³-hybridized carbons (Fsp3) is 0.368. The molecule has 0 amide bonds. The molecule has 2 aromatic carbocycles. The van der Waals surface area contributed by atoms with Gasteiger partial charge in [0.1, 0.15) is 16.4 Å². The molecule has 7 heteroatoms. The number of ether oxygens (including phenoxy) is 1. The van der Waals surface area contributed by atoms with Crippen LogP contribution in [0, 0.1) is 0 Å². The van der Waals surface area contributed by atoms with Crippen molar-refractivity contribution in [3.63, 3.8) is 0 Å².